The number of nitrogens with one attached hydrogen (secondary N) is 1. The molecule has 7 nitrogen and oxygen atoms in total. The fraction of sp³-hybridized carbons (Fsp3) is 0.273. The van der Waals surface area contributed by atoms with Gasteiger partial charge in [-0.05, 0) is 43.0 Å². The maximum Gasteiger partial charge on any atom is 0.280 e. The summed E-state index contributed by atoms with van der Waals surface area (Å²) in [5, 5.41) is 9.70. The van der Waals surface area contributed by atoms with E-state index >= 15 is 0 Å². The zero-order valence-corrected chi connectivity index (χ0v) is 19.3. The fourth-order valence-electron chi connectivity index (χ4n) is 3.31. The van der Waals surface area contributed by atoms with E-state index in [1.807, 2.05) is 31.4 Å². The summed E-state index contributed by atoms with van der Waals surface area (Å²) in [5.74, 6) is -0.412. The molecule has 4 aromatic rings. The van der Waals surface area contributed by atoms with Crippen molar-refractivity contribution in [2.24, 2.45) is 0 Å². The number of halogens is 1. The van der Waals surface area contributed by atoms with Gasteiger partial charge < -0.3 is 5.32 Å². The van der Waals surface area contributed by atoms with Crippen LogP contribution in [0.1, 0.15) is 23.1 Å². The molecule has 0 fully saturated rings. The van der Waals surface area contributed by atoms with Gasteiger partial charge in [0.15, 0.2) is 10.7 Å². The zero-order valence-electron chi connectivity index (χ0n) is 17.7. The Morgan fingerprint density at radius 1 is 1.25 bits per heavy atom. The predicted molar refractivity (Wildman–Crippen MR) is 125 cm³/mol. The van der Waals surface area contributed by atoms with Crippen molar-refractivity contribution in [3.05, 3.63) is 74.1 Å². The molecule has 0 unspecified atom stereocenters. The number of fused-ring (bicyclic) bond motifs is 1. The molecule has 4 rings (SSSR count). The van der Waals surface area contributed by atoms with Crippen molar-refractivity contribution < 1.29 is 9.18 Å². The quantitative estimate of drug-likeness (QED) is 0.314. The highest BCUT2D eigenvalue weighted by Crippen LogP contribution is 2.22. The third-order valence-corrected chi connectivity index (χ3v) is 6.75. The van der Waals surface area contributed by atoms with Gasteiger partial charge in [-0.2, -0.15) is 5.10 Å². The first-order chi connectivity index (χ1) is 15.5. The maximum atomic E-state index is 13.4. The van der Waals surface area contributed by atoms with Crippen molar-refractivity contribution in [1.82, 2.24) is 24.6 Å². The van der Waals surface area contributed by atoms with Crippen molar-refractivity contribution in [2.75, 3.05) is 5.75 Å². The number of aromatic nitrogens is 4. The molecule has 166 valence electrons. The van der Waals surface area contributed by atoms with E-state index in [1.54, 1.807) is 32.7 Å². The normalized spacial score (nSPS) is 11.2. The van der Waals surface area contributed by atoms with Gasteiger partial charge in [-0.25, -0.2) is 9.37 Å². The lowest BCUT2D eigenvalue weighted by Gasteiger charge is -2.12. The van der Waals surface area contributed by atoms with Crippen LogP contribution in [0.25, 0.3) is 11.0 Å². The van der Waals surface area contributed by atoms with Gasteiger partial charge in [0, 0.05) is 18.0 Å². The Morgan fingerprint density at radius 3 is 2.72 bits per heavy atom. The van der Waals surface area contributed by atoms with Gasteiger partial charge >= 0.3 is 0 Å². The molecule has 0 aliphatic carbocycles. The second-order valence-electron chi connectivity index (χ2n) is 7.16. The third kappa shape index (κ3) is 4.76. The van der Waals surface area contributed by atoms with Crippen LogP contribution in [0, 0.1) is 12.7 Å². The highest BCUT2D eigenvalue weighted by Gasteiger charge is 2.19. The van der Waals surface area contributed by atoms with E-state index in [9.17, 15) is 14.0 Å². The van der Waals surface area contributed by atoms with Crippen LogP contribution in [0.15, 0.2) is 51.7 Å². The molecule has 0 bridgehead atoms. The van der Waals surface area contributed by atoms with Crippen molar-refractivity contribution in [3.63, 3.8) is 0 Å². The number of aryl methyl sites for hydroxylation is 2. The molecule has 0 radical (unpaired) electrons. The van der Waals surface area contributed by atoms with Gasteiger partial charge in [0.2, 0.25) is 5.91 Å². The molecule has 0 saturated heterocycles. The van der Waals surface area contributed by atoms with E-state index < -0.39 is 0 Å². The molecule has 0 aliphatic rings. The predicted octanol–water partition coefficient (Wildman–Crippen LogP) is 3.58. The van der Waals surface area contributed by atoms with Crippen LogP contribution in [0.4, 0.5) is 4.39 Å². The second-order valence-corrected chi connectivity index (χ2v) is 9.13. The van der Waals surface area contributed by atoms with Crippen molar-refractivity contribution in [2.45, 2.75) is 38.6 Å². The highest BCUT2D eigenvalue weighted by atomic mass is 32.2. The first kappa shape index (κ1) is 22.2. The molecule has 3 aromatic heterocycles. The minimum atomic E-state index is -0.317. The van der Waals surface area contributed by atoms with Crippen LogP contribution in [0.3, 0.4) is 0 Å². The topological polar surface area (TPSA) is 81.8 Å². The molecule has 0 spiro atoms. The van der Waals surface area contributed by atoms with E-state index in [0.29, 0.717) is 41.5 Å². The van der Waals surface area contributed by atoms with Crippen molar-refractivity contribution in [1.29, 1.82) is 0 Å². The van der Waals surface area contributed by atoms with Gasteiger partial charge in [0.25, 0.3) is 5.56 Å². The minimum absolute atomic E-state index is 0.102. The Balaban J connectivity index is 1.57. The molecule has 1 aromatic carbocycles. The van der Waals surface area contributed by atoms with Crippen LogP contribution in [-0.2, 0) is 24.4 Å². The number of thiophene rings is 1. The maximum absolute atomic E-state index is 13.4. The number of hydrogen-bond acceptors (Lipinski definition) is 6. The standard InChI is InChI=1S/C22H22FN5O2S2/c1-3-28-20-19(14(2)26-28)25-22(27(21(20)30)12-17-5-4-10-31-17)32-13-18(29)24-11-15-6-8-16(23)9-7-15/h4-10H,3,11-13H2,1-2H3,(H,24,29). The average molecular weight is 472 g/mol. The summed E-state index contributed by atoms with van der Waals surface area (Å²) in [6.07, 6.45) is 0. The highest BCUT2D eigenvalue weighted by molar-refractivity contribution is 7.99. The molecule has 3 heterocycles. The minimum Gasteiger partial charge on any atom is -0.351 e. The number of nitrogens with zero attached hydrogens (tertiary/aromatic N) is 4. The molecule has 10 heteroatoms. The Morgan fingerprint density at radius 2 is 2.03 bits per heavy atom. The van der Waals surface area contributed by atoms with Crippen LogP contribution >= 0.6 is 23.1 Å². The number of thioether (sulfide) groups is 1. The summed E-state index contributed by atoms with van der Waals surface area (Å²) in [6, 6.07) is 9.88. The van der Waals surface area contributed by atoms with E-state index in [-0.39, 0.29) is 23.0 Å². The van der Waals surface area contributed by atoms with Gasteiger partial charge in [-0.3, -0.25) is 18.8 Å². The summed E-state index contributed by atoms with van der Waals surface area (Å²) in [5.41, 5.74) is 2.37. The van der Waals surface area contributed by atoms with Gasteiger partial charge in [-0.15, -0.1) is 11.3 Å². The lowest BCUT2D eigenvalue weighted by Crippen LogP contribution is -2.27. The molecule has 32 heavy (non-hydrogen) atoms. The number of amides is 1. The average Bonchev–Trinajstić information content (AvgIpc) is 3.41. The van der Waals surface area contributed by atoms with Crippen LogP contribution in [-0.4, -0.2) is 31.0 Å². The molecule has 0 aliphatic heterocycles. The Kier molecular flexibility index (Phi) is 6.71. The number of carbonyl (C=O) groups excluding carboxylic acids is 1. The van der Waals surface area contributed by atoms with Crippen LogP contribution < -0.4 is 10.9 Å². The number of benzene rings is 1. The smallest absolute Gasteiger partial charge is 0.280 e. The number of rotatable bonds is 8. The fourth-order valence-corrected chi connectivity index (χ4v) is 4.82. The Bertz CT molecular complexity index is 1300. The van der Waals surface area contributed by atoms with Crippen molar-refractivity contribution in [3.8, 4) is 0 Å². The Labute approximate surface area is 192 Å². The number of hydrogen-bond donors (Lipinski definition) is 1. The third-order valence-electron chi connectivity index (χ3n) is 4.91. The number of carbonyl (C=O) groups is 1. The Hall–Kier alpha value is -2.98. The molecule has 0 atom stereocenters. The summed E-state index contributed by atoms with van der Waals surface area (Å²) in [7, 11) is 0. The molecule has 0 saturated carbocycles. The van der Waals surface area contributed by atoms with Crippen LogP contribution in [0.2, 0.25) is 0 Å². The summed E-state index contributed by atoms with van der Waals surface area (Å²) in [4.78, 5) is 31.5. The summed E-state index contributed by atoms with van der Waals surface area (Å²) >= 11 is 2.78. The molecular weight excluding hydrogens is 449 g/mol. The van der Waals surface area contributed by atoms with Gasteiger partial charge in [-0.1, -0.05) is 30.0 Å². The second kappa shape index (κ2) is 9.66. The van der Waals surface area contributed by atoms with Crippen molar-refractivity contribution >= 4 is 40.0 Å². The summed E-state index contributed by atoms with van der Waals surface area (Å²) in [6.45, 7) is 5.01. The lowest BCUT2D eigenvalue weighted by atomic mass is 10.2. The van der Waals surface area contributed by atoms with E-state index in [4.69, 9.17) is 4.98 Å². The first-order valence-electron chi connectivity index (χ1n) is 10.1. The monoisotopic (exact) mass is 471 g/mol. The molecule has 1 N–H and O–H groups in total. The van der Waals surface area contributed by atoms with Gasteiger partial charge in [0.05, 0.1) is 18.0 Å². The van der Waals surface area contributed by atoms with Crippen LogP contribution in [0.5, 0.6) is 0 Å². The molecular formula is C22H22FN5O2S2. The lowest BCUT2D eigenvalue weighted by molar-refractivity contribution is -0.118. The largest absolute Gasteiger partial charge is 0.351 e. The summed E-state index contributed by atoms with van der Waals surface area (Å²) < 4.78 is 16.3. The van der Waals surface area contributed by atoms with E-state index in [2.05, 4.69) is 10.4 Å². The first-order valence-corrected chi connectivity index (χ1v) is 12.0. The van der Waals surface area contributed by atoms with E-state index in [1.165, 1.54) is 23.9 Å². The zero-order chi connectivity index (χ0) is 22.7. The SMILES string of the molecule is CCn1nc(C)c2nc(SCC(=O)NCc3ccc(F)cc3)n(Cc3cccs3)c(=O)c21. The van der Waals surface area contributed by atoms with E-state index in [0.717, 1.165) is 10.4 Å². The van der Waals surface area contributed by atoms with Gasteiger partial charge in [0.1, 0.15) is 11.3 Å². The molecule has 1 amide bonds.